The molecule has 1 fully saturated rings. The number of amides is 1. The van der Waals surface area contributed by atoms with E-state index in [4.69, 9.17) is 4.74 Å². The molecule has 0 saturated carbocycles. The highest BCUT2D eigenvalue weighted by Gasteiger charge is 2.27. The average molecular weight is 336 g/mol. The summed E-state index contributed by atoms with van der Waals surface area (Å²) in [6.45, 7) is 3.07. The van der Waals surface area contributed by atoms with Crippen LogP contribution in [-0.2, 0) is 4.79 Å². The molecule has 4 rings (SSSR count). The van der Waals surface area contributed by atoms with Gasteiger partial charge in [-0.2, -0.15) is 0 Å². The summed E-state index contributed by atoms with van der Waals surface area (Å²) >= 11 is 0. The van der Waals surface area contributed by atoms with Gasteiger partial charge in [0.15, 0.2) is 0 Å². The minimum absolute atomic E-state index is 0.0602. The number of fused-ring (bicyclic) bond motifs is 1. The molecule has 2 aromatic rings. The second-order valence-corrected chi connectivity index (χ2v) is 6.93. The number of rotatable bonds is 4. The van der Waals surface area contributed by atoms with Crippen molar-refractivity contribution >= 4 is 5.91 Å². The summed E-state index contributed by atoms with van der Waals surface area (Å²) in [6, 6.07) is 18.6. The van der Waals surface area contributed by atoms with Crippen LogP contribution in [0.3, 0.4) is 0 Å². The molecule has 25 heavy (non-hydrogen) atoms. The Balaban J connectivity index is 1.33. The molecule has 2 aliphatic heterocycles. The van der Waals surface area contributed by atoms with Gasteiger partial charge in [-0.1, -0.05) is 48.5 Å². The molecule has 2 atom stereocenters. The molecule has 0 aliphatic carbocycles. The van der Waals surface area contributed by atoms with Gasteiger partial charge in [-0.25, -0.2) is 0 Å². The minimum Gasteiger partial charge on any atom is -0.493 e. The van der Waals surface area contributed by atoms with Crippen molar-refractivity contribution in [3.8, 4) is 5.75 Å². The molecular weight excluding hydrogens is 312 g/mol. The Morgan fingerprint density at radius 1 is 1.08 bits per heavy atom. The van der Waals surface area contributed by atoms with E-state index in [9.17, 15) is 4.79 Å². The fourth-order valence-electron chi connectivity index (χ4n) is 3.91. The number of carbonyl (C=O) groups is 1. The van der Waals surface area contributed by atoms with Crippen molar-refractivity contribution in [1.29, 1.82) is 0 Å². The molecule has 2 aliphatic rings. The first-order valence-corrected chi connectivity index (χ1v) is 9.08. The fourth-order valence-corrected chi connectivity index (χ4v) is 3.91. The van der Waals surface area contributed by atoms with E-state index in [1.807, 2.05) is 24.3 Å². The third-order valence-electron chi connectivity index (χ3n) is 5.20. The zero-order chi connectivity index (χ0) is 17.1. The van der Waals surface area contributed by atoms with Crippen LogP contribution in [0, 0.1) is 0 Å². The first-order valence-electron chi connectivity index (χ1n) is 9.08. The molecule has 1 amide bonds. The maximum atomic E-state index is 12.5. The topological polar surface area (TPSA) is 41.6 Å². The van der Waals surface area contributed by atoms with Crippen LogP contribution in [0.15, 0.2) is 54.6 Å². The molecule has 4 nitrogen and oxygen atoms in total. The van der Waals surface area contributed by atoms with Gasteiger partial charge in [-0.3, -0.25) is 9.69 Å². The van der Waals surface area contributed by atoms with E-state index >= 15 is 0 Å². The van der Waals surface area contributed by atoms with Crippen molar-refractivity contribution in [2.24, 2.45) is 0 Å². The molecule has 130 valence electrons. The summed E-state index contributed by atoms with van der Waals surface area (Å²) in [4.78, 5) is 14.8. The number of likely N-dealkylation sites (tertiary alicyclic amines) is 1. The number of benzene rings is 2. The van der Waals surface area contributed by atoms with Gasteiger partial charge in [0.1, 0.15) is 5.75 Å². The normalized spacial score (nSPS) is 22.9. The first kappa shape index (κ1) is 16.2. The molecule has 2 aromatic carbocycles. The molecule has 1 N–H and O–H groups in total. The number of hydrogen-bond acceptors (Lipinski definition) is 3. The zero-order valence-corrected chi connectivity index (χ0v) is 14.4. The number of para-hydroxylation sites is 1. The molecule has 1 saturated heterocycles. The lowest BCUT2D eigenvalue weighted by molar-refractivity contribution is -0.123. The highest BCUT2D eigenvalue weighted by atomic mass is 16.5. The Labute approximate surface area is 148 Å². The minimum atomic E-state index is 0.0602. The van der Waals surface area contributed by atoms with Crippen LogP contribution in [0.5, 0.6) is 5.75 Å². The number of ether oxygens (including phenoxy) is 1. The van der Waals surface area contributed by atoms with Crippen molar-refractivity contribution in [2.45, 2.75) is 24.8 Å². The van der Waals surface area contributed by atoms with Gasteiger partial charge in [0.25, 0.3) is 0 Å². The second-order valence-electron chi connectivity index (χ2n) is 6.93. The van der Waals surface area contributed by atoms with Crippen molar-refractivity contribution in [3.63, 3.8) is 0 Å². The Morgan fingerprint density at radius 2 is 1.88 bits per heavy atom. The molecule has 0 radical (unpaired) electrons. The number of nitrogens with zero attached hydrogens (tertiary/aromatic N) is 1. The fraction of sp³-hybridized carbons (Fsp3) is 0.381. The van der Waals surface area contributed by atoms with E-state index in [0.717, 1.165) is 37.2 Å². The molecule has 4 heteroatoms. The predicted octanol–water partition coefficient (Wildman–Crippen LogP) is 3.12. The van der Waals surface area contributed by atoms with Crippen LogP contribution in [0.4, 0.5) is 0 Å². The summed E-state index contributed by atoms with van der Waals surface area (Å²) in [5.74, 6) is 1.54. The van der Waals surface area contributed by atoms with E-state index in [1.54, 1.807) is 0 Å². The molecule has 0 aromatic heterocycles. The molecule has 0 spiro atoms. The molecular formula is C21H24N2O2. The van der Waals surface area contributed by atoms with Crippen LogP contribution in [0.2, 0.25) is 0 Å². The number of hydrogen-bond donors (Lipinski definition) is 1. The van der Waals surface area contributed by atoms with Crippen LogP contribution in [0.1, 0.15) is 35.9 Å². The maximum Gasteiger partial charge on any atom is 0.234 e. The standard InChI is InChI=1S/C21H24N2O2/c24-21(22-19-11-13-25-20-9-5-4-8-18(19)20)15-23-12-10-17(14-23)16-6-2-1-3-7-16/h1-9,17,19H,10-15H2,(H,22,24)/t17-,19-/m0/s1. The van der Waals surface area contributed by atoms with Gasteiger partial charge in [0.2, 0.25) is 5.91 Å². The van der Waals surface area contributed by atoms with Crippen molar-refractivity contribution < 1.29 is 9.53 Å². The van der Waals surface area contributed by atoms with Crippen LogP contribution >= 0.6 is 0 Å². The van der Waals surface area contributed by atoms with E-state index in [2.05, 4.69) is 40.5 Å². The van der Waals surface area contributed by atoms with Crippen molar-refractivity contribution in [1.82, 2.24) is 10.2 Å². The summed E-state index contributed by atoms with van der Waals surface area (Å²) in [5.41, 5.74) is 2.47. The lowest BCUT2D eigenvalue weighted by Crippen LogP contribution is -2.39. The summed E-state index contributed by atoms with van der Waals surface area (Å²) < 4.78 is 5.67. The summed E-state index contributed by atoms with van der Waals surface area (Å²) in [6.07, 6.45) is 1.95. The molecule has 2 heterocycles. The van der Waals surface area contributed by atoms with Gasteiger partial charge < -0.3 is 10.1 Å². The monoisotopic (exact) mass is 336 g/mol. The second kappa shape index (κ2) is 7.28. The molecule has 0 bridgehead atoms. The lowest BCUT2D eigenvalue weighted by atomic mass is 9.99. The van der Waals surface area contributed by atoms with Gasteiger partial charge in [-0.05, 0) is 30.5 Å². The summed E-state index contributed by atoms with van der Waals surface area (Å²) in [7, 11) is 0. The van der Waals surface area contributed by atoms with E-state index in [-0.39, 0.29) is 11.9 Å². The Kier molecular flexibility index (Phi) is 4.70. The Morgan fingerprint density at radius 3 is 2.76 bits per heavy atom. The zero-order valence-electron chi connectivity index (χ0n) is 14.4. The van der Waals surface area contributed by atoms with E-state index < -0.39 is 0 Å². The highest BCUT2D eigenvalue weighted by molar-refractivity contribution is 5.78. The third kappa shape index (κ3) is 3.69. The van der Waals surface area contributed by atoms with Crippen molar-refractivity contribution in [3.05, 3.63) is 65.7 Å². The largest absolute Gasteiger partial charge is 0.493 e. The lowest BCUT2D eigenvalue weighted by Gasteiger charge is -2.27. The van der Waals surface area contributed by atoms with Gasteiger partial charge >= 0.3 is 0 Å². The quantitative estimate of drug-likeness (QED) is 0.933. The smallest absolute Gasteiger partial charge is 0.234 e. The van der Waals surface area contributed by atoms with Crippen LogP contribution in [0.25, 0.3) is 0 Å². The summed E-state index contributed by atoms with van der Waals surface area (Å²) in [5, 5.41) is 3.20. The van der Waals surface area contributed by atoms with Gasteiger partial charge in [0, 0.05) is 18.5 Å². The predicted molar refractivity (Wildman–Crippen MR) is 97.7 cm³/mol. The SMILES string of the molecule is O=C(CN1CC[C@H](c2ccccc2)C1)N[C@H]1CCOc2ccccc21. The number of nitrogens with one attached hydrogen (secondary N) is 1. The van der Waals surface area contributed by atoms with Gasteiger partial charge in [-0.15, -0.1) is 0 Å². The van der Waals surface area contributed by atoms with Gasteiger partial charge in [0.05, 0.1) is 19.2 Å². The third-order valence-corrected chi connectivity index (χ3v) is 5.20. The van der Waals surface area contributed by atoms with E-state index in [1.165, 1.54) is 5.56 Å². The molecule has 0 unspecified atom stereocenters. The van der Waals surface area contributed by atoms with Crippen molar-refractivity contribution in [2.75, 3.05) is 26.2 Å². The Hall–Kier alpha value is -2.33. The van der Waals surface area contributed by atoms with Crippen LogP contribution in [-0.4, -0.2) is 37.0 Å². The highest BCUT2D eigenvalue weighted by Crippen LogP contribution is 2.31. The van der Waals surface area contributed by atoms with E-state index in [0.29, 0.717) is 19.1 Å². The first-order chi connectivity index (χ1) is 12.3. The Bertz CT molecular complexity index is 732. The number of carbonyl (C=O) groups excluding carboxylic acids is 1. The van der Waals surface area contributed by atoms with Crippen LogP contribution < -0.4 is 10.1 Å². The maximum absolute atomic E-state index is 12.5. The average Bonchev–Trinajstić information content (AvgIpc) is 3.11.